The van der Waals surface area contributed by atoms with Crippen molar-refractivity contribution in [3.8, 4) is 0 Å². The van der Waals surface area contributed by atoms with E-state index in [1.54, 1.807) is 6.92 Å². The fourth-order valence-corrected chi connectivity index (χ4v) is 3.32. The quantitative estimate of drug-likeness (QED) is 0.485. The number of amides is 2. The maximum atomic E-state index is 12.7. The summed E-state index contributed by atoms with van der Waals surface area (Å²) < 4.78 is 9.90. The van der Waals surface area contributed by atoms with Gasteiger partial charge < -0.3 is 19.9 Å². The van der Waals surface area contributed by atoms with Gasteiger partial charge in [-0.15, -0.1) is 0 Å². The van der Waals surface area contributed by atoms with Gasteiger partial charge in [0.05, 0.1) is 12.6 Å². The number of ketones is 2. The molecule has 1 aromatic heterocycles. The summed E-state index contributed by atoms with van der Waals surface area (Å²) in [6.07, 6.45) is 2.10. The lowest BCUT2D eigenvalue weighted by atomic mass is 9.91. The molecule has 1 fully saturated rings. The molecule has 172 valence electrons. The first-order valence-electron chi connectivity index (χ1n) is 10.6. The van der Waals surface area contributed by atoms with Crippen molar-refractivity contribution in [3.63, 3.8) is 0 Å². The number of carbonyl (C=O) groups excluding carboxylic acids is 4. The van der Waals surface area contributed by atoms with Crippen molar-refractivity contribution in [2.24, 2.45) is 11.3 Å². The van der Waals surface area contributed by atoms with Gasteiger partial charge in [0.2, 0.25) is 5.91 Å². The number of ether oxygens (including phenoxy) is 1. The van der Waals surface area contributed by atoms with E-state index in [1.807, 2.05) is 20.8 Å². The van der Waals surface area contributed by atoms with Gasteiger partial charge in [0.15, 0.2) is 17.3 Å². The van der Waals surface area contributed by atoms with Crippen LogP contribution in [0.3, 0.4) is 0 Å². The number of Topliss-reactive ketones (excluding diaryl/α,β-unsaturated/α-hetero) is 2. The van der Waals surface area contributed by atoms with E-state index in [0.29, 0.717) is 12.2 Å². The number of hydrogen-bond donors (Lipinski definition) is 2. The number of carbonyl (C=O) groups is 4. The smallest absolute Gasteiger partial charge is 0.274 e. The van der Waals surface area contributed by atoms with E-state index < -0.39 is 18.0 Å². The summed E-state index contributed by atoms with van der Waals surface area (Å²) in [4.78, 5) is 50.0. The number of rotatable bonds is 13. The SMILES string of the molecule is COC[C@H](NC(=O)c1cc(C)on1)C(=O)CCC(=O)N[C@@H](CC(C)C)C(=O)C1(C)CC1. The fraction of sp³-hybridized carbons (Fsp3) is 0.682. The van der Waals surface area contributed by atoms with Crippen molar-refractivity contribution >= 4 is 23.4 Å². The molecule has 9 nitrogen and oxygen atoms in total. The van der Waals surface area contributed by atoms with Crippen LogP contribution in [0, 0.1) is 18.3 Å². The molecular weight excluding hydrogens is 402 g/mol. The first-order chi connectivity index (χ1) is 14.6. The molecule has 0 aromatic carbocycles. The largest absolute Gasteiger partial charge is 0.382 e. The highest BCUT2D eigenvalue weighted by Gasteiger charge is 2.47. The molecule has 2 atom stereocenters. The number of methoxy groups -OCH3 is 1. The van der Waals surface area contributed by atoms with Crippen LogP contribution in [0.4, 0.5) is 0 Å². The van der Waals surface area contributed by atoms with Crippen molar-refractivity contribution in [2.75, 3.05) is 13.7 Å². The fourth-order valence-electron chi connectivity index (χ4n) is 3.32. The molecule has 1 aliphatic carbocycles. The van der Waals surface area contributed by atoms with E-state index in [2.05, 4.69) is 15.8 Å². The maximum absolute atomic E-state index is 12.7. The summed E-state index contributed by atoms with van der Waals surface area (Å²) in [6.45, 7) is 7.54. The number of nitrogens with zero attached hydrogens (tertiary/aromatic N) is 1. The van der Waals surface area contributed by atoms with Gasteiger partial charge in [-0.25, -0.2) is 0 Å². The highest BCUT2D eigenvalue weighted by molar-refractivity contribution is 5.98. The predicted octanol–water partition coefficient (Wildman–Crippen LogP) is 1.98. The van der Waals surface area contributed by atoms with E-state index in [4.69, 9.17) is 9.26 Å². The number of hydrogen-bond acceptors (Lipinski definition) is 7. The summed E-state index contributed by atoms with van der Waals surface area (Å²) in [5.41, 5.74) is -0.275. The van der Waals surface area contributed by atoms with Crippen molar-refractivity contribution in [1.82, 2.24) is 15.8 Å². The first-order valence-corrected chi connectivity index (χ1v) is 10.6. The Labute approximate surface area is 182 Å². The lowest BCUT2D eigenvalue weighted by Crippen LogP contribution is -2.46. The summed E-state index contributed by atoms with van der Waals surface area (Å²) in [6, 6.07) is 0.00403. The van der Waals surface area contributed by atoms with Crippen molar-refractivity contribution in [3.05, 3.63) is 17.5 Å². The predicted molar refractivity (Wildman–Crippen MR) is 112 cm³/mol. The number of aryl methyl sites for hydroxylation is 1. The Balaban J connectivity index is 1.90. The standard InChI is InChI=1S/C22H33N3O6/c1-13(2)10-15(20(28)22(4)8-9-22)23-19(27)7-6-18(26)17(12-30-5)24-21(29)16-11-14(3)31-25-16/h11,13,15,17H,6-10,12H2,1-5H3,(H,23,27)(H,24,29)/t15-,17-/m0/s1. The molecule has 1 heterocycles. The zero-order valence-corrected chi connectivity index (χ0v) is 18.9. The van der Waals surface area contributed by atoms with E-state index in [1.165, 1.54) is 13.2 Å². The second-order valence-electron chi connectivity index (χ2n) is 8.95. The molecule has 2 N–H and O–H groups in total. The van der Waals surface area contributed by atoms with Crippen LogP contribution in [0.2, 0.25) is 0 Å². The molecule has 0 radical (unpaired) electrons. The highest BCUT2D eigenvalue weighted by Crippen LogP contribution is 2.47. The van der Waals surface area contributed by atoms with Crippen molar-refractivity contribution < 1.29 is 28.4 Å². The van der Waals surface area contributed by atoms with Crippen molar-refractivity contribution in [1.29, 1.82) is 0 Å². The molecule has 1 aromatic rings. The Hall–Kier alpha value is -2.55. The van der Waals surface area contributed by atoms with E-state index in [9.17, 15) is 19.2 Å². The van der Waals surface area contributed by atoms with Gasteiger partial charge in [-0.2, -0.15) is 0 Å². The van der Waals surface area contributed by atoms with Gasteiger partial charge in [0, 0.05) is 31.4 Å². The Morgan fingerprint density at radius 2 is 1.84 bits per heavy atom. The Morgan fingerprint density at radius 1 is 1.16 bits per heavy atom. The van der Waals surface area contributed by atoms with Gasteiger partial charge in [0.1, 0.15) is 11.8 Å². The van der Waals surface area contributed by atoms with Gasteiger partial charge in [-0.05, 0) is 32.1 Å². The van der Waals surface area contributed by atoms with Gasteiger partial charge in [-0.3, -0.25) is 19.2 Å². The monoisotopic (exact) mass is 435 g/mol. The minimum absolute atomic E-state index is 0.0319. The lowest BCUT2D eigenvalue weighted by molar-refractivity contribution is -0.131. The molecule has 9 heteroatoms. The molecule has 0 saturated heterocycles. The zero-order valence-electron chi connectivity index (χ0n) is 18.9. The highest BCUT2D eigenvalue weighted by atomic mass is 16.5. The zero-order chi connectivity index (χ0) is 23.2. The van der Waals surface area contributed by atoms with Gasteiger partial charge >= 0.3 is 0 Å². The topological polar surface area (TPSA) is 128 Å². The van der Waals surface area contributed by atoms with E-state index >= 15 is 0 Å². The third-order valence-corrected chi connectivity index (χ3v) is 5.44. The molecular formula is C22H33N3O6. The third-order valence-electron chi connectivity index (χ3n) is 5.44. The summed E-state index contributed by atoms with van der Waals surface area (Å²) in [5, 5.41) is 9.00. The average Bonchev–Trinajstić information content (AvgIpc) is 3.30. The molecule has 2 rings (SSSR count). The second kappa shape index (κ2) is 10.7. The van der Waals surface area contributed by atoms with Crippen LogP contribution in [0.5, 0.6) is 0 Å². The van der Waals surface area contributed by atoms with E-state index in [0.717, 1.165) is 12.8 Å². The molecule has 0 aliphatic heterocycles. The van der Waals surface area contributed by atoms with E-state index in [-0.39, 0.29) is 53.9 Å². The maximum Gasteiger partial charge on any atom is 0.274 e. The van der Waals surface area contributed by atoms with Crippen molar-refractivity contribution in [2.45, 2.75) is 71.9 Å². The number of aromatic nitrogens is 1. The lowest BCUT2D eigenvalue weighted by Gasteiger charge is -2.23. The molecule has 1 saturated carbocycles. The molecule has 0 bridgehead atoms. The van der Waals surface area contributed by atoms with Gasteiger partial charge in [-0.1, -0.05) is 25.9 Å². The molecule has 0 unspecified atom stereocenters. The van der Waals surface area contributed by atoms with Crippen LogP contribution in [-0.4, -0.2) is 54.3 Å². The summed E-state index contributed by atoms with van der Waals surface area (Å²) in [5.74, 6) is -0.468. The molecule has 0 spiro atoms. The second-order valence-corrected chi connectivity index (χ2v) is 8.95. The Bertz CT molecular complexity index is 812. The Morgan fingerprint density at radius 3 is 2.35 bits per heavy atom. The molecule has 31 heavy (non-hydrogen) atoms. The molecule has 1 aliphatic rings. The average molecular weight is 436 g/mol. The number of nitrogens with one attached hydrogen (secondary N) is 2. The van der Waals surface area contributed by atoms with Crippen LogP contribution < -0.4 is 10.6 Å². The minimum atomic E-state index is -0.916. The van der Waals surface area contributed by atoms with Crippen LogP contribution in [0.25, 0.3) is 0 Å². The van der Waals surface area contributed by atoms with Crippen LogP contribution in [0.1, 0.15) is 69.1 Å². The first kappa shape index (κ1) is 24.7. The van der Waals surface area contributed by atoms with Gasteiger partial charge in [0.25, 0.3) is 5.91 Å². The van der Waals surface area contributed by atoms with Crippen LogP contribution in [0.15, 0.2) is 10.6 Å². The summed E-state index contributed by atoms with van der Waals surface area (Å²) in [7, 11) is 1.42. The normalized spacial score (nSPS) is 16.5. The Kier molecular flexibility index (Phi) is 8.50. The van der Waals surface area contributed by atoms with Crippen LogP contribution in [-0.2, 0) is 19.1 Å². The van der Waals surface area contributed by atoms with Crippen LogP contribution >= 0.6 is 0 Å². The third kappa shape index (κ3) is 7.27. The summed E-state index contributed by atoms with van der Waals surface area (Å²) >= 11 is 0. The molecule has 2 amide bonds. The minimum Gasteiger partial charge on any atom is -0.382 e.